The highest BCUT2D eigenvalue weighted by atomic mass is 35.5. The topological polar surface area (TPSA) is 17.1 Å². The molecule has 0 aromatic heterocycles. The summed E-state index contributed by atoms with van der Waals surface area (Å²) in [5, 5.41) is -0.390. The Morgan fingerprint density at radius 1 is 1.75 bits per heavy atom. The van der Waals surface area contributed by atoms with E-state index in [2.05, 4.69) is 0 Å². The second kappa shape index (κ2) is 4.85. The quantitative estimate of drug-likeness (QED) is 0.425. The van der Waals surface area contributed by atoms with Crippen molar-refractivity contribution in [2.24, 2.45) is 0 Å². The van der Waals surface area contributed by atoms with Gasteiger partial charge in [0.2, 0.25) is 5.24 Å². The van der Waals surface area contributed by atoms with Crippen molar-refractivity contribution in [1.29, 1.82) is 0 Å². The molecule has 0 radical (unpaired) electrons. The SMILES string of the molecule is CCC/C=C/C(=O)Cl. The number of unbranched alkanes of at least 4 members (excludes halogenated alkanes) is 1. The molecule has 0 aromatic carbocycles. The minimum absolute atomic E-state index is 0.390. The van der Waals surface area contributed by atoms with Crippen molar-refractivity contribution in [2.75, 3.05) is 0 Å². The molecule has 0 saturated carbocycles. The molecule has 0 aliphatic heterocycles. The molecule has 0 aliphatic rings. The molecule has 0 N–H and O–H groups in total. The van der Waals surface area contributed by atoms with Crippen molar-refractivity contribution in [3.63, 3.8) is 0 Å². The number of carbonyl (C=O) groups excluding carboxylic acids is 1. The van der Waals surface area contributed by atoms with Gasteiger partial charge < -0.3 is 0 Å². The van der Waals surface area contributed by atoms with Crippen LogP contribution in [-0.2, 0) is 4.79 Å². The maximum absolute atomic E-state index is 10.00. The van der Waals surface area contributed by atoms with Crippen molar-refractivity contribution < 1.29 is 4.79 Å². The Kier molecular flexibility index (Phi) is 4.67. The second-order valence-electron chi connectivity index (χ2n) is 1.50. The lowest BCUT2D eigenvalue weighted by Gasteiger charge is -1.78. The highest BCUT2D eigenvalue weighted by molar-refractivity contribution is 6.66. The molecule has 46 valence electrons. The minimum atomic E-state index is -0.390. The average Bonchev–Trinajstić information content (AvgIpc) is 1.66. The Morgan fingerprint density at radius 2 is 2.38 bits per heavy atom. The first-order valence-electron chi connectivity index (χ1n) is 2.63. The molecule has 0 rings (SSSR count). The van der Waals surface area contributed by atoms with Crippen LogP contribution in [0.5, 0.6) is 0 Å². The number of allylic oxidation sites excluding steroid dienone is 2. The molecule has 0 saturated heterocycles. The summed E-state index contributed by atoms with van der Waals surface area (Å²) in [7, 11) is 0. The number of carbonyl (C=O) groups is 1. The summed E-state index contributed by atoms with van der Waals surface area (Å²) in [4.78, 5) is 10.00. The van der Waals surface area contributed by atoms with Crippen LogP contribution in [0.25, 0.3) is 0 Å². The van der Waals surface area contributed by atoms with Gasteiger partial charge >= 0.3 is 0 Å². The lowest BCUT2D eigenvalue weighted by atomic mass is 10.3. The van der Waals surface area contributed by atoms with Crippen LogP contribution in [0.2, 0.25) is 0 Å². The molecule has 0 unspecified atom stereocenters. The van der Waals surface area contributed by atoms with E-state index in [0.717, 1.165) is 12.8 Å². The molecule has 0 atom stereocenters. The first kappa shape index (κ1) is 7.70. The van der Waals surface area contributed by atoms with E-state index < -0.39 is 5.24 Å². The molecule has 2 heteroatoms. The largest absolute Gasteiger partial charge is 0.276 e. The van der Waals surface area contributed by atoms with E-state index in [1.54, 1.807) is 6.08 Å². The monoisotopic (exact) mass is 132 g/mol. The third kappa shape index (κ3) is 5.70. The first-order chi connectivity index (χ1) is 3.77. The fraction of sp³-hybridized carbons (Fsp3) is 0.500. The molecule has 8 heavy (non-hydrogen) atoms. The molecular formula is C6H9ClO. The van der Waals surface area contributed by atoms with Crippen LogP contribution < -0.4 is 0 Å². The van der Waals surface area contributed by atoms with Crippen LogP contribution >= 0.6 is 11.6 Å². The number of halogens is 1. The summed E-state index contributed by atoms with van der Waals surface area (Å²) in [6.45, 7) is 2.04. The summed E-state index contributed by atoms with van der Waals surface area (Å²) in [6, 6.07) is 0. The molecule has 1 nitrogen and oxygen atoms in total. The van der Waals surface area contributed by atoms with Gasteiger partial charge in [0.1, 0.15) is 0 Å². The van der Waals surface area contributed by atoms with Gasteiger partial charge in [-0.1, -0.05) is 19.4 Å². The second-order valence-corrected chi connectivity index (χ2v) is 1.87. The Morgan fingerprint density at radius 3 is 2.75 bits per heavy atom. The van der Waals surface area contributed by atoms with E-state index in [4.69, 9.17) is 11.6 Å². The summed E-state index contributed by atoms with van der Waals surface area (Å²) in [5.41, 5.74) is 0. The van der Waals surface area contributed by atoms with Crippen molar-refractivity contribution in [3.05, 3.63) is 12.2 Å². The maximum atomic E-state index is 10.00. The van der Waals surface area contributed by atoms with Crippen LogP contribution in [0.4, 0.5) is 0 Å². The minimum Gasteiger partial charge on any atom is -0.276 e. The fourth-order valence-electron chi connectivity index (χ4n) is 0.343. The lowest BCUT2D eigenvalue weighted by molar-refractivity contribution is -0.107. The smallest absolute Gasteiger partial charge is 0.244 e. The standard InChI is InChI=1S/C6H9ClO/c1-2-3-4-5-6(7)8/h4-5H,2-3H2,1H3/b5-4+. The van der Waals surface area contributed by atoms with Crippen molar-refractivity contribution in [1.82, 2.24) is 0 Å². The Balaban J connectivity index is 3.20. The molecule has 0 fully saturated rings. The van der Waals surface area contributed by atoms with E-state index in [9.17, 15) is 4.79 Å². The van der Waals surface area contributed by atoms with E-state index >= 15 is 0 Å². The fourth-order valence-corrected chi connectivity index (χ4v) is 0.432. The molecule has 0 amide bonds. The van der Waals surface area contributed by atoms with Gasteiger partial charge in [0.15, 0.2) is 0 Å². The van der Waals surface area contributed by atoms with Crippen LogP contribution in [0.15, 0.2) is 12.2 Å². The van der Waals surface area contributed by atoms with Crippen molar-refractivity contribution in [3.8, 4) is 0 Å². The Hall–Kier alpha value is -0.300. The Labute approximate surface area is 54.3 Å². The number of rotatable bonds is 3. The highest BCUT2D eigenvalue weighted by Gasteiger charge is 1.81. The maximum Gasteiger partial charge on any atom is 0.244 e. The molecular weight excluding hydrogens is 124 g/mol. The number of hydrogen-bond acceptors (Lipinski definition) is 1. The summed E-state index contributed by atoms with van der Waals surface area (Å²) in [6.07, 6.45) is 5.14. The van der Waals surface area contributed by atoms with Gasteiger partial charge in [-0.05, 0) is 24.1 Å². The van der Waals surface area contributed by atoms with Gasteiger partial charge in [-0.3, -0.25) is 4.79 Å². The zero-order valence-electron chi connectivity index (χ0n) is 4.86. The van der Waals surface area contributed by atoms with Crippen LogP contribution in [0.1, 0.15) is 19.8 Å². The van der Waals surface area contributed by atoms with Gasteiger partial charge in [-0.25, -0.2) is 0 Å². The van der Waals surface area contributed by atoms with Crippen molar-refractivity contribution in [2.45, 2.75) is 19.8 Å². The first-order valence-corrected chi connectivity index (χ1v) is 3.01. The highest BCUT2D eigenvalue weighted by Crippen LogP contribution is 1.89. The third-order valence-corrected chi connectivity index (χ3v) is 0.830. The number of hydrogen-bond donors (Lipinski definition) is 0. The van der Waals surface area contributed by atoms with Gasteiger partial charge in [0, 0.05) is 0 Å². The molecule has 0 heterocycles. The van der Waals surface area contributed by atoms with Crippen LogP contribution in [0, 0.1) is 0 Å². The summed E-state index contributed by atoms with van der Waals surface area (Å²) >= 11 is 4.99. The predicted octanol–water partition coefficient (Wildman–Crippen LogP) is 2.11. The molecule has 0 aliphatic carbocycles. The molecule has 0 bridgehead atoms. The Bertz CT molecular complexity index is 96.7. The lowest BCUT2D eigenvalue weighted by Crippen LogP contribution is -1.73. The van der Waals surface area contributed by atoms with Crippen LogP contribution in [-0.4, -0.2) is 5.24 Å². The normalized spacial score (nSPS) is 10.2. The van der Waals surface area contributed by atoms with Crippen LogP contribution in [0.3, 0.4) is 0 Å². The average molecular weight is 133 g/mol. The van der Waals surface area contributed by atoms with Gasteiger partial charge in [-0.2, -0.15) is 0 Å². The van der Waals surface area contributed by atoms with Gasteiger partial charge in [0.05, 0.1) is 0 Å². The van der Waals surface area contributed by atoms with Crippen molar-refractivity contribution >= 4 is 16.8 Å². The molecule has 0 aromatic rings. The predicted molar refractivity (Wildman–Crippen MR) is 34.9 cm³/mol. The van der Waals surface area contributed by atoms with Gasteiger partial charge in [0.25, 0.3) is 0 Å². The molecule has 0 spiro atoms. The van der Waals surface area contributed by atoms with Gasteiger partial charge in [-0.15, -0.1) is 0 Å². The van der Waals surface area contributed by atoms with E-state index in [-0.39, 0.29) is 0 Å². The van der Waals surface area contributed by atoms with E-state index in [0.29, 0.717) is 0 Å². The van der Waals surface area contributed by atoms with E-state index in [1.165, 1.54) is 6.08 Å². The zero-order chi connectivity index (χ0) is 6.41. The summed E-state index contributed by atoms with van der Waals surface area (Å²) in [5.74, 6) is 0. The summed E-state index contributed by atoms with van der Waals surface area (Å²) < 4.78 is 0. The third-order valence-electron chi connectivity index (χ3n) is 0.704. The zero-order valence-corrected chi connectivity index (χ0v) is 5.61. The van der Waals surface area contributed by atoms with E-state index in [1.807, 2.05) is 6.92 Å².